The second-order valence-corrected chi connectivity index (χ2v) is 8.45. The zero-order valence-corrected chi connectivity index (χ0v) is 16.8. The number of carbonyl (C=O) groups excluding carboxylic acids is 1. The average Bonchev–Trinajstić information content (AvgIpc) is 3.46. The Bertz CT molecular complexity index is 1120. The number of esters is 1. The molecular weight excluding hydrogens is 414 g/mol. The van der Waals surface area contributed by atoms with Crippen LogP contribution in [0.25, 0.3) is 11.4 Å². The minimum Gasteiger partial charge on any atom is -0.448 e. The van der Waals surface area contributed by atoms with Gasteiger partial charge in [-0.15, -0.1) is 0 Å². The standard InChI is InChI=1S/C18H19N5O6S/c1-12(17-21-16(22-29-17)13-3-2-4-19-10-13)28-18(24)15-9-14(11-20-15)30(25,26)23-5-7-27-8-6-23/h2-4,9-12,20H,5-8H2,1H3. The predicted octanol–water partition coefficient (Wildman–Crippen LogP) is 1.40. The van der Waals surface area contributed by atoms with E-state index in [2.05, 4.69) is 20.1 Å². The molecule has 12 heteroatoms. The molecule has 0 amide bonds. The van der Waals surface area contributed by atoms with Crippen LogP contribution in [-0.2, 0) is 19.5 Å². The van der Waals surface area contributed by atoms with Crippen LogP contribution in [0.3, 0.4) is 0 Å². The fraction of sp³-hybridized carbons (Fsp3) is 0.333. The lowest BCUT2D eigenvalue weighted by Gasteiger charge is -2.25. The maximum Gasteiger partial charge on any atom is 0.355 e. The van der Waals surface area contributed by atoms with Gasteiger partial charge >= 0.3 is 5.97 Å². The number of sulfonamides is 1. The fourth-order valence-electron chi connectivity index (χ4n) is 2.86. The second-order valence-electron chi connectivity index (χ2n) is 6.51. The number of nitrogens with one attached hydrogen (secondary N) is 1. The monoisotopic (exact) mass is 433 g/mol. The van der Waals surface area contributed by atoms with Gasteiger partial charge in [0.25, 0.3) is 5.89 Å². The molecule has 1 saturated heterocycles. The molecular formula is C18H19N5O6S. The summed E-state index contributed by atoms with van der Waals surface area (Å²) in [6.45, 7) is 2.77. The summed E-state index contributed by atoms with van der Waals surface area (Å²) < 4.78 is 42.3. The molecule has 4 heterocycles. The molecule has 1 aliphatic heterocycles. The first-order valence-electron chi connectivity index (χ1n) is 9.16. The first-order valence-corrected chi connectivity index (χ1v) is 10.6. The van der Waals surface area contributed by atoms with Gasteiger partial charge in [0.15, 0.2) is 6.10 Å². The summed E-state index contributed by atoms with van der Waals surface area (Å²) in [6, 6.07) is 4.75. The van der Waals surface area contributed by atoms with E-state index < -0.39 is 22.1 Å². The van der Waals surface area contributed by atoms with Gasteiger partial charge in [-0.1, -0.05) is 5.16 Å². The summed E-state index contributed by atoms with van der Waals surface area (Å²) in [5.41, 5.74) is 0.661. The minimum absolute atomic E-state index is 0.000632. The smallest absolute Gasteiger partial charge is 0.355 e. The van der Waals surface area contributed by atoms with Crippen LogP contribution in [0, 0.1) is 0 Å². The lowest BCUT2D eigenvalue weighted by molar-refractivity contribution is 0.0259. The Kier molecular flexibility index (Phi) is 5.61. The quantitative estimate of drug-likeness (QED) is 0.571. The third-order valence-electron chi connectivity index (χ3n) is 4.48. The number of H-pyrrole nitrogens is 1. The average molecular weight is 433 g/mol. The third kappa shape index (κ3) is 4.10. The Balaban J connectivity index is 1.44. The third-order valence-corrected chi connectivity index (χ3v) is 6.35. The predicted molar refractivity (Wildman–Crippen MR) is 102 cm³/mol. The van der Waals surface area contributed by atoms with Gasteiger partial charge in [-0.25, -0.2) is 13.2 Å². The normalized spacial score (nSPS) is 16.3. The number of ether oxygens (including phenoxy) is 2. The minimum atomic E-state index is -3.72. The summed E-state index contributed by atoms with van der Waals surface area (Å²) in [7, 11) is -3.72. The number of hydrogen-bond acceptors (Lipinski definition) is 9. The Morgan fingerprint density at radius 1 is 1.33 bits per heavy atom. The van der Waals surface area contributed by atoms with Crippen LogP contribution >= 0.6 is 0 Å². The number of aromatic amines is 1. The molecule has 1 aliphatic rings. The zero-order valence-electron chi connectivity index (χ0n) is 16.0. The van der Waals surface area contributed by atoms with Crippen molar-refractivity contribution in [3.8, 4) is 11.4 Å². The molecule has 1 atom stereocenters. The zero-order chi connectivity index (χ0) is 21.1. The largest absolute Gasteiger partial charge is 0.448 e. The molecule has 0 saturated carbocycles. The molecule has 30 heavy (non-hydrogen) atoms. The van der Waals surface area contributed by atoms with Gasteiger partial charge in [0.2, 0.25) is 15.8 Å². The molecule has 0 bridgehead atoms. The van der Waals surface area contributed by atoms with Crippen LogP contribution in [0.5, 0.6) is 0 Å². The molecule has 1 unspecified atom stereocenters. The van der Waals surface area contributed by atoms with E-state index in [1.807, 2.05) is 0 Å². The number of pyridine rings is 1. The topological polar surface area (TPSA) is 141 Å². The van der Waals surface area contributed by atoms with Gasteiger partial charge < -0.3 is 19.0 Å². The number of morpholine rings is 1. The van der Waals surface area contributed by atoms with Crippen molar-refractivity contribution in [3.63, 3.8) is 0 Å². The summed E-state index contributed by atoms with van der Waals surface area (Å²) in [6.07, 6.45) is 3.64. The van der Waals surface area contributed by atoms with E-state index in [9.17, 15) is 13.2 Å². The fourth-order valence-corrected chi connectivity index (χ4v) is 4.27. The molecule has 3 aromatic rings. The maximum absolute atomic E-state index is 12.7. The molecule has 3 aromatic heterocycles. The molecule has 0 aromatic carbocycles. The molecule has 0 spiro atoms. The van der Waals surface area contributed by atoms with Gasteiger partial charge in [-0.05, 0) is 25.1 Å². The SMILES string of the molecule is CC(OC(=O)c1cc(S(=O)(=O)N2CCOCC2)c[nH]1)c1nc(-c2cccnc2)no1. The van der Waals surface area contributed by atoms with Crippen molar-refractivity contribution in [2.24, 2.45) is 0 Å². The van der Waals surface area contributed by atoms with E-state index in [-0.39, 0.29) is 29.6 Å². The summed E-state index contributed by atoms with van der Waals surface area (Å²) in [4.78, 5) is 23.3. The van der Waals surface area contributed by atoms with Crippen molar-refractivity contribution in [2.75, 3.05) is 26.3 Å². The van der Waals surface area contributed by atoms with E-state index >= 15 is 0 Å². The first-order chi connectivity index (χ1) is 14.4. The summed E-state index contributed by atoms with van der Waals surface area (Å²) in [5, 5.41) is 3.86. The van der Waals surface area contributed by atoms with Crippen molar-refractivity contribution in [2.45, 2.75) is 17.9 Å². The number of hydrogen-bond donors (Lipinski definition) is 1. The number of nitrogens with zero attached hydrogens (tertiary/aromatic N) is 4. The van der Waals surface area contributed by atoms with E-state index in [0.29, 0.717) is 24.6 Å². The molecule has 11 nitrogen and oxygen atoms in total. The lowest BCUT2D eigenvalue weighted by Crippen LogP contribution is -2.40. The van der Waals surface area contributed by atoms with Crippen molar-refractivity contribution in [1.29, 1.82) is 0 Å². The number of aromatic nitrogens is 4. The Hall–Kier alpha value is -3.09. The van der Waals surface area contributed by atoms with E-state index in [1.54, 1.807) is 31.5 Å². The Morgan fingerprint density at radius 3 is 2.87 bits per heavy atom. The van der Waals surface area contributed by atoms with Crippen LogP contribution < -0.4 is 0 Å². The van der Waals surface area contributed by atoms with Crippen LogP contribution in [-0.4, -0.2) is 65.1 Å². The van der Waals surface area contributed by atoms with E-state index in [4.69, 9.17) is 14.0 Å². The van der Waals surface area contributed by atoms with E-state index in [1.165, 1.54) is 16.6 Å². The highest BCUT2D eigenvalue weighted by atomic mass is 32.2. The molecule has 0 aliphatic carbocycles. The van der Waals surface area contributed by atoms with Crippen molar-refractivity contribution in [3.05, 3.63) is 48.4 Å². The number of rotatable bonds is 6. The number of carbonyl (C=O) groups is 1. The molecule has 158 valence electrons. The van der Waals surface area contributed by atoms with Gasteiger partial charge in [0.05, 0.1) is 13.2 Å². The van der Waals surface area contributed by atoms with Crippen molar-refractivity contribution < 1.29 is 27.2 Å². The highest BCUT2D eigenvalue weighted by molar-refractivity contribution is 7.89. The van der Waals surface area contributed by atoms with Gasteiger partial charge in [-0.2, -0.15) is 9.29 Å². The summed E-state index contributed by atoms with van der Waals surface area (Å²) >= 11 is 0. The van der Waals surface area contributed by atoms with Crippen molar-refractivity contribution in [1.82, 2.24) is 24.4 Å². The maximum atomic E-state index is 12.7. The van der Waals surface area contributed by atoms with Crippen LogP contribution in [0.4, 0.5) is 0 Å². The van der Waals surface area contributed by atoms with Gasteiger partial charge in [0.1, 0.15) is 10.6 Å². The van der Waals surface area contributed by atoms with Crippen molar-refractivity contribution >= 4 is 16.0 Å². The summed E-state index contributed by atoms with van der Waals surface area (Å²) in [5.74, 6) is -0.318. The van der Waals surface area contributed by atoms with E-state index in [0.717, 1.165) is 0 Å². The van der Waals surface area contributed by atoms with Crippen LogP contribution in [0.15, 0.2) is 46.2 Å². The second kappa shape index (κ2) is 8.34. The highest BCUT2D eigenvalue weighted by Gasteiger charge is 2.29. The lowest BCUT2D eigenvalue weighted by atomic mass is 10.3. The van der Waals surface area contributed by atoms with Gasteiger partial charge in [0, 0.05) is 37.2 Å². The Morgan fingerprint density at radius 2 is 2.13 bits per heavy atom. The first kappa shape index (κ1) is 20.2. The highest BCUT2D eigenvalue weighted by Crippen LogP contribution is 2.22. The van der Waals surface area contributed by atoms with Gasteiger partial charge in [-0.3, -0.25) is 4.98 Å². The molecule has 4 rings (SSSR count). The van der Waals surface area contributed by atoms with Crippen LogP contribution in [0.2, 0.25) is 0 Å². The molecule has 0 radical (unpaired) electrons. The molecule has 1 fully saturated rings. The molecule has 1 N–H and O–H groups in total. The Labute approximate surface area is 172 Å². The van der Waals surface area contributed by atoms with Crippen LogP contribution in [0.1, 0.15) is 29.4 Å².